The Kier molecular flexibility index (Phi) is 6.20. The molecule has 7 nitrogen and oxygen atoms in total. The van der Waals surface area contributed by atoms with Gasteiger partial charge in [-0.2, -0.15) is 0 Å². The number of hydrogen-bond donors (Lipinski definition) is 1. The molecule has 2 aromatic heterocycles. The summed E-state index contributed by atoms with van der Waals surface area (Å²) in [5.41, 5.74) is 2.69. The number of amides is 1. The summed E-state index contributed by atoms with van der Waals surface area (Å²) in [5, 5.41) is 5.49. The molecule has 0 fully saturated rings. The van der Waals surface area contributed by atoms with Crippen molar-refractivity contribution in [1.82, 2.24) is 15.0 Å². The summed E-state index contributed by atoms with van der Waals surface area (Å²) >= 11 is 7.48. The first kappa shape index (κ1) is 20.9. The van der Waals surface area contributed by atoms with Gasteiger partial charge in [-0.1, -0.05) is 42.8 Å². The molecule has 1 unspecified atom stereocenters. The number of thiazole rings is 1. The number of benzene rings is 2. The van der Waals surface area contributed by atoms with Crippen LogP contribution in [0.15, 0.2) is 60.2 Å². The molecule has 1 atom stereocenters. The molecule has 31 heavy (non-hydrogen) atoms. The molecule has 0 bridgehead atoms. The number of anilines is 1. The fourth-order valence-electron chi connectivity index (χ4n) is 2.98. The SMILES string of the molecule is CCC(OC(=O)c1cccc2nccnc12)C(=O)Nc1nc(-c2ccccc2Cl)cs1. The maximum atomic E-state index is 12.7. The minimum atomic E-state index is -0.980. The van der Waals surface area contributed by atoms with Crippen molar-refractivity contribution < 1.29 is 14.3 Å². The number of rotatable bonds is 6. The summed E-state index contributed by atoms with van der Waals surface area (Å²) < 4.78 is 5.48. The molecule has 4 rings (SSSR count). The Bertz CT molecular complexity index is 1250. The normalized spacial score (nSPS) is 11.8. The number of fused-ring (bicyclic) bond motifs is 1. The maximum absolute atomic E-state index is 12.7. The number of nitrogens with zero attached hydrogens (tertiary/aromatic N) is 3. The van der Waals surface area contributed by atoms with Gasteiger partial charge in [0.1, 0.15) is 5.52 Å². The van der Waals surface area contributed by atoms with Gasteiger partial charge >= 0.3 is 5.97 Å². The van der Waals surface area contributed by atoms with Crippen molar-refractivity contribution in [2.24, 2.45) is 0 Å². The van der Waals surface area contributed by atoms with E-state index < -0.39 is 18.0 Å². The van der Waals surface area contributed by atoms with E-state index in [0.717, 1.165) is 5.56 Å². The molecule has 0 radical (unpaired) electrons. The molecule has 156 valence electrons. The lowest BCUT2D eigenvalue weighted by atomic mass is 10.1. The Morgan fingerprint density at radius 3 is 2.74 bits per heavy atom. The first-order valence-corrected chi connectivity index (χ1v) is 10.7. The third-order valence-electron chi connectivity index (χ3n) is 4.52. The molecule has 1 amide bonds. The third kappa shape index (κ3) is 4.55. The van der Waals surface area contributed by atoms with E-state index in [1.807, 2.05) is 18.2 Å². The zero-order chi connectivity index (χ0) is 21.8. The summed E-state index contributed by atoms with van der Waals surface area (Å²) in [4.78, 5) is 38.2. The molecule has 9 heteroatoms. The maximum Gasteiger partial charge on any atom is 0.341 e. The molecule has 0 aliphatic carbocycles. The average Bonchev–Trinajstić information content (AvgIpc) is 3.25. The fourth-order valence-corrected chi connectivity index (χ4v) is 3.93. The van der Waals surface area contributed by atoms with Gasteiger partial charge in [0.2, 0.25) is 0 Å². The predicted molar refractivity (Wildman–Crippen MR) is 120 cm³/mol. The van der Waals surface area contributed by atoms with Crippen LogP contribution in [-0.4, -0.2) is 32.9 Å². The van der Waals surface area contributed by atoms with Crippen LogP contribution in [0.2, 0.25) is 5.02 Å². The topological polar surface area (TPSA) is 94.1 Å². The molecular formula is C22H17ClN4O3S. The standard InChI is InChI=1S/C22H17ClN4O3S/c1-2-18(30-21(29)14-7-5-9-16-19(14)25-11-10-24-16)20(28)27-22-26-17(12-31-22)13-6-3-4-8-15(13)23/h3-12,18H,2H2,1H3,(H,26,27,28). The zero-order valence-corrected chi connectivity index (χ0v) is 18.0. The fraction of sp³-hybridized carbons (Fsp3) is 0.136. The summed E-state index contributed by atoms with van der Waals surface area (Å²) in [6.45, 7) is 1.76. The van der Waals surface area contributed by atoms with Crippen LogP contribution in [0.4, 0.5) is 5.13 Å². The van der Waals surface area contributed by atoms with Gasteiger partial charge in [0.15, 0.2) is 11.2 Å². The number of ether oxygens (including phenoxy) is 1. The molecule has 1 N–H and O–H groups in total. The highest BCUT2D eigenvalue weighted by molar-refractivity contribution is 7.14. The van der Waals surface area contributed by atoms with Crippen LogP contribution in [-0.2, 0) is 9.53 Å². The smallest absolute Gasteiger partial charge is 0.341 e. The number of aromatic nitrogens is 3. The van der Waals surface area contributed by atoms with Crippen LogP contribution in [0.5, 0.6) is 0 Å². The van der Waals surface area contributed by atoms with Gasteiger partial charge < -0.3 is 4.74 Å². The van der Waals surface area contributed by atoms with Crippen LogP contribution in [0.1, 0.15) is 23.7 Å². The Morgan fingerprint density at radius 2 is 1.94 bits per heavy atom. The predicted octanol–water partition coefficient (Wildman–Crippen LogP) is 4.98. The number of esters is 1. The molecule has 0 aliphatic rings. The van der Waals surface area contributed by atoms with Crippen molar-refractivity contribution in [3.8, 4) is 11.3 Å². The van der Waals surface area contributed by atoms with E-state index in [1.165, 1.54) is 17.5 Å². The van der Waals surface area contributed by atoms with Crippen molar-refractivity contribution in [1.29, 1.82) is 0 Å². The number of para-hydroxylation sites is 1. The lowest BCUT2D eigenvalue weighted by molar-refractivity contribution is -0.124. The van der Waals surface area contributed by atoms with Gasteiger partial charge in [-0.05, 0) is 24.6 Å². The lowest BCUT2D eigenvalue weighted by Gasteiger charge is -2.15. The van der Waals surface area contributed by atoms with Crippen molar-refractivity contribution in [2.45, 2.75) is 19.4 Å². The van der Waals surface area contributed by atoms with E-state index in [-0.39, 0.29) is 5.56 Å². The molecule has 0 spiro atoms. The Balaban J connectivity index is 1.48. The highest BCUT2D eigenvalue weighted by Crippen LogP contribution is 2.30. The van der Waals surface area contributed by atoms with Gasteiger partial charge in [-0.3, -0.25) is 20.1 Å². The summed E-state index contributed by atoms with van der Waals surface area (Å²) in [7, 11) is 0. The van der Waals surface area contributed by atoms with Crippen molar-refractivity contribution in [3.63, 3.8) is 0 Å². The first-order chi connectivity index (χ1) is 15.1. The van der Waals surface area contributed by atoms with E-state index in [4.69, 9.17) is 16.3 Å². The van der Waals surface area contributed by atoms with E-state index in [9.17, 15) is 9.59 Å². The molecule has 2 aromatic carbocycles. The highest BCUT2D eigenvalue weighted by atomic mass is 35.5. The third-order valence-corrected chi connectivity index (χ3v) is 5.60. The van der Waals surface area contributed by atoms with Crippen LogP contribution < -0.4 is 5.32 Å². The van der Waals surface area contributed by atoms with Crippen molar-refractivity contribution >= 4 is 51.0 Å². The number of halogens is 1. The lowest BCUT2D eigenvalue weighted by Crippen LogP contribution is -2.32. The molecule has 4 aromatic rings. The molecule has 2 heterocycles. The molecule has 0 aliphatic heterocycles. The van der Waals surface area contributed by atoms with Crippen LogP contribution in [0.25, 0.3) is 22.3 Å². The van der Waals surface area contributed by atoms with Crippen LogP contribution >= 0.6 is 22.9 Å². The first-order valence-electron chi connectivity index (χ1n) is 9.49. The van der Waals surface area contributed by atoms with Crippen molar-refractivity contribution in [3.05, 3.63) is 70.8 Å². The van der Waals surface area contributed by atoms with Gasteiger partial charge in [0.25, 0.3) is 5.91 Å². The van der Waals surface area contributed by atoms with Gasteiger partial charge in [0, 0.05) is 28.4 Å². The van der Waals surface area contributed by atoms with Crippen LogP contribution in [0.3, 0.4) is 0 Å². The van der Waals surface area contributed by atoms with Gasteiger partial charge in [-0.15, -0.1) is 11.3 Å². The Labute approximate surface area is 187 Å². The molecule has 0 saturated carbocycles. The van der Waals surface area contributed by atoms with Gasteiger partial charge in [0.05, 0.1) is 16.8 Å². The number of hydrogen-bond acceptors (Lipinski definition) is 7. The summed E-state index contributed by atoms with van der Waals surface area (Å²) in [6, 6.07) is 12.4. The second kappa shape index (κ2) is 9.20. The van der Waals surface area contributed by atoms with Gasteiger partial charge in [-0.25, -0.2) is 9.78 Å². The quantitative estimate of drug-likeness (QED) is 0.414. The minimum Gasteiger partial charge on any atom is -0.449 e. The van der Waals surface area contributed by atoms with Crippen molar-refractivity contribution in [2.75, 3.05) is 5.32 Å². The van der Waals surface area contributed by atoms with E-state index in [2.05, 4.69) is 20.3 Å². The minimum absolute atomic E-state index is 0.257. The zero-order valence-electron chi connectivity index (χ0n) is 16.4. The Hall–Kier alpha value is -3.36. The largest absolute Gasteiger partial charge is 0.449 e. The second-order valence-corrected chi connectivity index (χ2v) is 7.80. The van der Waals surface area contributed by atoms with E-state index in [0.29, 0.717) is 33.3 Å². The van der Waals surface area contributed by atoms with E-state index in [1.54, 1.807) is 42.8 Å². The highest BCUT2D eigenvalue weighted by Gasteiger charge is 2.24. The summed E-state index contributed by atoms with van der Waals surface area (Å²) in [5.74, 6) is -1.09. The van der Waals surface area contributed by atoms with E-state index >= 15 is 0 Å². The van der Waals surface area contributed by atoms with Crippen LogP contribution in [0, 0.1) is 0 Å². The number of carbonyl (C=O) groups is 2. The summed E-state index contributed by atoms with van der Waals surface area (Å²) in [6.07, 6.45) is 2.37. The molecular weight excluding hydrogens is 436 g/mol. The molecule has 0 saturated heterocycles. The second-order valence-electron chi connectivity index (χ2n) is 6.54. The number of carbonyl (C=O) groups excluding carboxylic acids is 2. The average molecular weight is 453 g/mol. The Morgan fingerprint density at radius 1 is 1.13 bits per heavy atom. The number of nitrogens with one attached hydrogen (secondary N) is 1. The monoisotopic (exact) mass is 452 g/mol.